The minimum Gasteiger partial charge on any atom is -0.383 e. The third kappa shape index (κ3) is 4.59. The molecule has 2 amide bonds. The van der Waals surface area contributed by atoms with Crippen LogP contribution in [0.4, 0.5) is 5.69 Å². The molecule has 2 aromatic carbocycles. The summed E-state index contributed by atoms with van der Waals surface area (Å²) in [5, 5.41) is 2.77. The molecule has 0 radical (unpaired) electrons. The molecule has 0 atom stereocenters. The Morgan fingerprint density at radius 3 is 2.70 bits per heavy atom. The number of carbonyl (C=O) groups excluding carboxylic acids is 2. The van der Waals surface area contributed by atoms with E-state index in [1.165, 1.54) is 16.7 Å². The molecule has 0 aliphatic carbocycles. The van der Waals surface area contributed by atoms with E-state index in [9.17, 15) is 9.59 Å². The van der Waals surface area contributed by atoms with E-state index < -0.39 is 0 Å². The molecule has 0 fully saturated rings. The molecule has 27 heavy (non-hydrogen) atoms. The summed E-state index contributed by atoms with van der Waals surface area (Å²) in [5.41, 5.74) is 2.86. The minimum atomic E-state index is -0.211. The van der Waals surface area contributed by atoms with Crippen LogP contribution in [0.25, 0.3) is 6.08 Å². The molecule has 0 saturated heterocycles. The van der Waals surface area contributed by atoms with Crippen LogP contribution < -0.4 is 10.2 Å². The first-order valence-corrected chi connectivity index (χ1v) is 9.53. The van der Waals surface area contributed by atoms with E-state index in [1.54, 1.807) is 7.11 Å². The van der Waals surface area contributed by atoms with Crippen molar-refractivity contribution in [1.29, 1.82) is 0 Å². The number of methoxy groups -OCH3 is 1. The Labute approximate surface area is 163 Å². The number of nitrogens with zero attached hydrogens (tertiary/aromatic N) is 1. The van der Waals surface area contributed by atoms with Gasteiger partial charge in [0.15, 0.2) is 0 Å². The standard InChI is InChI=1S/C21H22N2O3S/c1-15-7-3-4-8-16(15)13-19-21(25)23(14-20(24)22-11-12-26-2)17-9-5-6-10-18(17)27-19/h3-10,13H,11-12,14H2,1-2H3,(H,22,24). The lowest BCUT2D eigenvalue weighted by Crippen LogP contribution is -2.43. The largest absolute Gasteiger partial charge is 0.383 e. The summed E-state index contributed by atoms with van der Waals surface area (Å²) in [6, 6.07) is 15.6. The molecular weight excluding hydrogens is 360 g/mol. The number of carbonyl (C=O) groups is 2. The average molecular weight is 382 g/mol. The predicted octanol–water partition coefficient (Wildman–Crippen LogP) is 3.24. The molecular formula is C21H22N2O3S. The Hall–Kier alpha value is -2.57. The zero-order valence-corrected chi connectivity index (χ0v) is 16.2. The lowest BCUT2D eigenvalue weighted by molar-refractivity contribution is -0.122. The number of anilines is 1. The summed E-state index contributed by atoms with van der Waals surface area (Å²) >= 11 is 1.44. The highest BCUT2D eigenvalue weighted by Crippen LogP contribution is 2.42. The van der Waals surface area contributed by atoms with Gasteiger partial charge in [0, 0.05) is 18.6 Å². The molecule has 1 aliphatic heterocycles. The van der Waals surface area contributed by atoms with Gasteiger partial charge in [0.1, 0.15) is 6.54 Å². The lowest BCUT2D eigenvalue weighted by Gasteiger charge is -2.29. The second-order valence-corrected chi connectivity index (χ2v) is 7.25. The van der Waals surface area contributed by atoms with Crippen molar-refractivity contribution in [2.45, 2.75) is 11.8 Å². The fourth-order valence-electron chi connectivity index (χ4n) is 2.80. The van der Waals surface area contributed by atoms with Crippen LogP contribution in [0.5, 0.6) is 0 Å². The van der Waals surface area contributed by atoms with Gasteiger partial charge in [-0.25, -0.2) is 0 Å². The van der Waals surface area contributed by atoms with Crippen molar-refractivity contribution in [3.8, 4) is 0 Å². The van der Waals surface area contributed by atoms with Crippen molar-refractivity contribution in [2.24, 2.45) is 0 Å². The van der Waals surface area contributed by atoms with Crippen molar-refractivity contribution >= 4 is 35.3 Å². The number of amides is 2. The van der Waals surface area contributed by atoms with E-state index >= 15 is 0 Å². The lowest BCUT2D eigenvalue weighted by atomic mass is 10.1. The normalized spacial score (nSPS) is 15.0. The summed E-state index contributed by atoms with van der Waals surface area (Å²) in [6.45, 7) is 2.84. The number of thioether (sulfide) groups is 1. The SMILES string of the molecule is COCCNC(=O)CN1C(=O)C(=Cc2ccccc2C)Sc2ccccc21. The van der Waals surface area contributed by atoms with E-state index in [1.807, 2.05) is 61.5 Å². The van der Waals surface area contributed by atoms with Crippen LogP contribution in [-0.2, 0) is 14.3 Å². The van der Waals surface area contributed by atoms with E-state index in [4.69, 9.17) is 4.74 Å². The monoisotopic (exact) mass is 382 g/mol. The highest BCUT2D eigenvalue weighted by molar-refractivity contribution is 8.04. The number of aryl methyl sites for hydroxylation is 1. The van der Waals surface area contributed by atoms with Gasteiger partial charge in [-0.3, -0.25) is 14.5 Å². The first-order chi connectivity index (χ1) is 13.1. The molecule has 1 N–H and O–H groups in total. The molecule has 140 valence electrons. The van der Waals surface area contributed by atoms with Crippen LogP contribution in [0.3, 0.4) is 0 Å². The number of fused-ring (bicyclic) bond motifs is 1. The third-order valence-corrected chi connectivity index (χ3v) is 5.31. The van der Waals surface area contributed by atoms with Gasteiger partial charge in [-0.1, -0.05) is 48.2 Å². The van der Waals surface area contributed by atoms with E-state index in [2.05, 4.69) is 5.32 Å². The Balaban J connectivity index is 1.89. The topological polar surface area (TPSA) is 58.6 Å². The molecule has 0 unspecified atom stereocenters. The zero-order valence-electron chi connectivity index (χ0n) is 15.4. The van der Waals surface area contributed by atoms with Crippen molar-refractivity contribution in [1.82, 2.24) is 5.32 Å². The number of benzene rings is 2. The van der Waals surface area contributed by atoms with E-state index in [0.717, 1.165) is 21.7 Å². The number of rotatable bonds is 6. The van der Waals surface area contributed by atoms with Gasteiger partial charge in [-0.05, 0) is 36.3 Å². The number of hydrogen-bond acceptors (Lipinski definition) is 4. The molecule has 1 aliphatic rings. The van der Waals surface area contributed by atoms with Gasteiger partial charge in [0.25, 0.3) is 5.91 Å². The number of nitrogens with one attached hydrogen (secondary N) is 1. The summed E-state index contributed by atoms with van der Waals surface area (Å²) in [5.74, 6) is -0.374. The molecule has 0 saturated carbocycles. The Morgan fingerprint density at radius 2 is 1.93 bits per heavy atom. The highest BCUT2D eigenvalue weighted by Gasteiger charge is 2.30. The maximum atomic E-state index is 13.1. The van der Waals surface area contributed by atoms with Crippen LogP contribution in [0, 0.1) is 6.92 Å². The molecule has 5 nitrogen and oxygen atoms in total. The van der Waals surface area contributed by atoms with E-state index in [0.29, 0.717) is 18.1 Å². The van der Waals surface area contributed by atoms with Crippen molar-refractivity contribution in [3.63, 3.8) is 0 Å². The molecule has 3 rings (SSSR count). The first kappa shape index (κ1) is 19.2. The highest BCUT2D eigenvalue weighted by atomic mass is 32.2. The van der Waals surface area contributed by atoms with Crippen LogP contribution in [0.1, 0.15) is 11.1 Å². The molecule has 0 spiro atoms. The van der Waals surface area contributed by atoms with Gasteiger partial charge in [0.2, 0.25) is 5.91 Å². The molecule has 2 aromatic rings. The van der Waals surface area contributed by atoms with Crippen molar-refractivity contribution in [2.75, 3.05) is 31.7 Å². The molecule has 0 bridgehead atoms. The quantitative estimate of drug-likeness (QED) is 0.616. The average Bonchev–Trinajstić information content (AvgIpc) is 2.67. The van der Waals surface area contributed by atoms with Crippen molar-refractivity contribution in [3.05, 3.63) is 64.6 Å². The third-order valence-electron chi connectivity index (χ3n) is 4.24. The second kappa shape index (κ2) is 8.88. The summed E-state index contributed by atoms with van der Waals surface area (Å²) in [7, 11) is 1.58. The Bertz CT molecular complexity index is 879. The number of ether oxygens (including phenoxy) is 1. The second-order valence-electron chi connectivity index (χ2n) is 6.17. The predicted molar refractivity (Wildman–Crippen MR) is 109 cm³/mol. The van der Waals surface area contributed by atoms with Crippen LogP contribution in [0.2, 0.25) is 0 Å². The van der Waals surface area contributed by atoms with Gasteiger partial charge < -0.3 is 10.1 Å². The summed E-state index contributed by atoms with van der Waals surface area (Å²) in [4.78, 5) is 28.5. The smallest absolute Gasteiger partial charge is 0.265 e. The number of para-hydroxylation sites is 1. The van der Waals surface area contributed by atoms with Gasteiger partial charge in [-0.15, -0.1) is 0 Å². The van der Waals surface area contributed by atoms with Crippen LogP contribution >= 0.6 is 11.8 Å². The van der Waals surface area contributed by atoms with Crippen molar-refractivity contribution < 1.29 is 14.3 Å². The Kier molecular flexibility index (Phi) is 6.32. The fraction of sp³-hybridized carbons (Fsp3) is 0.238. The molecule has 0 aromatic heterocycles. The first-order valence-electron chi connectivity index (χ1n) is 8.72. The maximum absolute atomic E-state index is 13.1. The molecule has 6 heteroatoms. The number of hydrogen-bond donors (Lipinski definition) is 1. The minimum absolute atomic E-state index is 0.0226. The van der Waals surface area contributed by atoms with Crippen LogP contribution in [0.15, 0.2) is 58.3 Å². The zero-order chi connectivity index (χ0) is 19.2. The van der Waals surface area contributed by atoms with Crippen LogP contribution in [-0.4, -0.2) is 38.6 Å². The summed E-state index contributed by atoms with van der Waals surface area (Å²) in [6.07, 6.45) is 1.90. The maximum Gasteiger partial charge on any atom is 0.265 e. The van der Waals surface area contributed by atoms with Gasteiger partial charge in [0.05, 0.1) is 17.2 Å². The Morgan fingerprint density at radius 1 is 1.19 bits per heavy atom. The van der Waals surface area contributed by atoms with Gasteiger partial charge >= 0.3 is 0 Å². The fourth-order valence-corrected chi connectivity index (χ4v) is 3.85. The van der Waals surface area contributed by atoms with Gasteiger partial charge in [-0.2, -0.15) is 0 Å². The van der Waals surface area contributed by atoms with E-state index in [-0.39, 0.29) is 18.4 Å². The summed E-state index contributed by atoms with van der Waals surface area (Å²) < 4.78 is 4.95. The molecule has 1 heterocycles.